The van der Waals surface area contributed by atoms with E-state index in [0.29, 0.717) is 6.61 Å². The SMILES string of the molecule is C1CC2CCC(N3CCCN(C4C5CC6CC(C5)CC4C6)CC3)C(C1)C2.Cc1ccccc1CN1CCCN(Cc2ccccc2C)CC1.OCc1ccccc1CN1CCCN(Cc2ccccc2CO)CC1.c1ccc(COc2ccc(CN3CCN(Cc4ccccc4)CC3)cc2)cc1. The molecule has 11 heteroatoms. The largest absolute Gasteiger partial charge is 0.489 e. The van der Waals surface area contributed by atoms with Gasteiger partial charge in [0.05, 0.1) is 13.2 Å². The van der Waals surface area contributed by atoms with Gasteiger partial charge in [-0.1, -0.05) is 183 Å². The Hall–Kier alpha value is -6.06. The maximum atomic E-state index is 9.51. The molecule has 0 amide bonds. The number of hydrogen-bond donors (Lipinski definition) is 2. The first-order valence-electron chi connectivity index (χ1n) is 40.3. The summed E-state index contributed by atoms with van der Waals surface area (Å²) in [4.78, 5) is 21.3. The van der Waals surface area contributed by atoms with E-state index in [1.807, 2.05) is 54.6 Å². The summed E-state index contributed by atoms with van der Waals surface area (Å²) in [5.41, 5.74) is 14.2. The lowest BCUT2D eigenvalue weighted by atomic mass is 9.54. The maximum absolute atomic E-state index is 9.51. The third kappa shape index (κ3) is 21.4. The van der Waals surface area contributed by atoms with Crippen LogP contribution in [0.1, 0.15) is 151 Å². The van der Waals surface area contributed by atoms with E-state index in [4.69, 9.17) is 4.74 Å². The van der Waals surface area contributed by atoms with Crippen LogP contribution < -0.4 is 4.74 Å². The summed E-state index contributed by atoms with van der Waals surface area (Å²) in [5.74, 6) is 7.48. The molecule has 6 bridgehead atoms. The number of piperazine rings is 1. The summed E-state index contributed by atoms with van der Waals surface area (Å²) < 4.78 is 5.89. The molecular formula is C91H124N8O3. The smallest absolute Gasteiger partial charge is 0.119 e. The molecule has 4 saturated heterocycles. The molecule has 102 heavy (non-hydrogen) atoms. The topological polar surface area (TPSA) is 75.6 Å². The van der Waals surface area contributed by atoms with Gasteiger partial charge in [-0.05, 0) is 239 Å². The molecule has 4 aliphatic heterocycles. The quantitative estimate of drug-likeness (QED) is 0.0813. The highest BCUT2D eigenvalue weighted by atomic mass is 16.5. The minimum Gasteiger partial charge on any atom is -0.489 e. The van der Waals surface area contributed by atoms with E-state index in [0.717, 1.165) is 163 Å². The Morgan fingerprint density at radius 1 is 0.304 bits per heavy atom. The zero-order chi connectivity index (χ0) is 69.7. The molecule has 3 unspecified atom stereocenters. The van der Waals surface area contributed by atoms with E-state index in [1.54, 1.807) is 44.9 Å². The van der Waals surface area contributed by atoms with Crippen LogP contribution in [0, 0.1) is 49.4 Å². The molecule has 6 saturated carbocycles. The van der Waals surface area contributed by atoms with Crippen molar-refractivity contribution in [1.29, 1.82) is 0 Å². The third-order valence-corrected chi connectivity index (χ3v) is 25.2. The average Bonchev–Trinajstić information content (AvgIpc) is 1.00. The number of aryl methyl sites for hydroxylation is 2. The van der Waals surface area contributed by atoms with Crippen LogP contribution in [-0.2, 0) is 59.1 Å². The number of rotatable bonds is 19. The van der Waals surface area contributed by atoms with Crippen LogP contribution in [0.4, 0.5) is 0 Å². The van der Waals surface area contributed by atoms with E-state index in [1.165, 1.54) is 141 Å². The van der Waals surface area contributed by atoms with Gasteiger partial charge in [-0.15, -0.1) is 0 Å². The molecule has 0 radical (unpaired) electrons. The van der Waals surface area contributed by atoms with E-state index < -0.39 is 0 Å². The number of hydrogen-bond acceptors (Lipinski definition) is 11. The van der Waals surface area contributed by atoms with Crippen LogP contribution in [0.5, 0.6) is 5.75 Å². The number of aliphatic hydroxyl groups excluding tert-OH is 2. The van der Waals surface area contributed by atoms with Gasteiger partial charge < -0.3 is 14.9 Å². The zero-order valence-electron chi connectivity index (χ0n) is 62.4. The first kappa shape index (κ1) is 74.2. The lowest BCUT2D eigenvalue weighted by Gasteiger charge is -2.57. The normalized spacial score (nSPS) is 25.5. The molecular weight excluding hydrogens is 1250 g/mol. The predicted octanol–water partition coefficient (Wildman–Crippen LogP) is 15.8. The van der Waals surface area contributed by atoms with Crippen LogP contribution in [-0.4, -0.2) is 166 Å². The molecule has 11 nitrogen and oxygen atoms in total. The van der Waals surface area contributed by atoms with E-state index >= 15 is 0 Å². The fourth-order valence-electron chi connectivity index (χ4n) is 19.7. The van der Waals surface area contributed by atoms with Crippen LogP contribution in [0.3, 0.4) is 0 Å². The fraction of sp³-hybridized carbons (Fsp3) is 0.538. The van der Waals surface area contributed by atoms with Crippen LogP contribution in [0.2, 0.25) is 0 Å². The third-order valence-electron chi connectivity index (χ3n) is 25.2. The van der Waals surface area contributed by atoms with Gasteiger partial charge in [0.1, 0.15) is 12.4 Å². The summed E-state index contributed by atoms with van der Waals surface area (Å²) in [6.07, 6.45) is 21.0. The molecule has 0 aromatic heterocycles. The van der Waals surface area contributed by atoms with Crippen molar-refractivity contribution in [2.75, 3.05) is 105 Å². The monoisotopic (exact) mass is 1380 g/mol. The number of aliphatic hydroxyl groups is 2. The molecule has 10 fully saturated rings. The summed E-state index contributed by atoms with van der Waals surface area (Å²) in [5, 5.41) is 19.0. The van der Waals surface area contributed by atoms with Gasteiger partial charge in [0.2, 0.25) is 0 Å². The van der Waals surface area contributed by atoms with Crippen molar-refractivity contribution in [3.63, 3.8) is 0 Å². The van der Waals surface area contributed by atoms with Crippen molar-refractivity contribution in [2.24, 2.45) is 35.5 Å². The van der Waals surface area contributed by atoms with Gasteiger partial charge in [0.15, 0.2) is 0 Å². The van der Waals surface area contributed by atoms with Crippen molar-refractivity contribution in [1.82, 2.24) is 39.2 Å². The lowest BCUT2D eigenvalue weighted by molar-refractivity contribution is -0.0646. The minimum atomic E-state index is 0.105. The summed E-state index contributed by atoms with van der Waals surface area (Å²) >= 11 is 0. The molecule has 6 aliphatic carbocycles. The van der Waals surface area contributed by atoms with Crippen molar-refractivity contribution in [2.45, 2.75) is 175 Å². The second kappa shape index (κ2) is 38.3. The van der Waals surface area contributed by atoms with Crippen molar-refractivity contribution in [3.05, 3.63) is 243 Å². The Balaban J connectivity index is 0.000000122. The summed E-state index contributed by atoms with van der Waals surface area (Å²) in [6.45, 7) is 30.4. The number of fused-ring (bicyclic) bond motifs is 2. The summed E-state index contributed by atoms with van der Waals surface area (Å²) in [6, 6.07) is 65.4. The van der Waals surface area contributed by atoms with E-state index in [2.05, 4.69) is 180 Å². The molecule has 7 aromatic carbocycles. The van der Waals surface area contributed by atoms with Gasteiger partial charge in [0, 0.05) is 117 Å². The van der Waals surface area contributed by atoms with Gasteiger partial charge in [-0.25, -0.2) is 0 Å². The van der Waals surface area contributed by atoms with Crippen molar-refractivity contribution in [3.8, 4) is 5.75 Å². The van der Waals surface area contributed by atoms with Gasteiger partial charge in [0.25, 0.3) is 0 Å². The van der Waals surface area contributed by atoms with Crippen molar-refractivity contribution < 1.29 is 14.9 Å². The van der Waals surface area contributed by atoms with Gasteiger partial charge in [-0.2, -0.15) is 0 Å². The first-order chi connectivity index (χ1) is 50.2. The first-order valence-corrected chi connectivity index (χ1v) is 40.3. The van der Waals surface area contributed by atoms with E-state index in [-0.39, 0.29) is 13.2 Å². The maximum Gasteiger partial charge on any atom is 0.119 e. The van der Waals surface area contributed by atoms with Crippen LogP contribution in [0.15, 0.2) is 182 Å². The number of benzene rings is 7. The van der Waals surface area contributed by atoms with Crippen LogP contribution in [0.25, 0.3) is 0 Å². The minimum absolute atomic E-state index is 0.105. The summed E-state index contributed by atoms with van der Waals surface area (Å²) in [7, 11) is 0. The lowest BCUT2D eigenvalue weighted by Crippen LogP contribution is -2.56. The highest BCUT2D eigenvalue weighted by molar-refractivity contribution is 5.31. The fourth-order valence-corrected chi connectivity index (χ4v) is 19.7. The molecule has 4 heterocycles. The molecule has 0 spiro atoms. The molecule has 10 aliphatic rings. The second-order valence-corrected chi connectivity index (χ2v) is 32.3. The van der Waals surface area contributed by atoms with Crippen molar-refractivity contribution >= 4 is 0 Å². The molecule has 7 aromatic rings. The average molecular weight is 1380 g/mol. The molecule has 2 N–H and O–H groups in total. The Morgan fingerprint density at radius 2 is 0.696 bits per heavy atom. The second-order valence-electron chi connectivity index (χ2n) is 32.3. The van der Waals surface area contributed by atoms with Crippen LogP contribution >= 0.6 is 0 Å². The van der Waals surface area contributed by atoms with Gasteiger partial charge >= 0.3 is 0 Å². The van der Waals surface area contributed by atoms with E-state index in [9.17, 15) is 10.2 Å². The number of nitrogens with zero attached hydrogens (tertiary/aromatic N) is 8. The molecule has 3 atom stereocenters. The Labute approximate surface area is 614 Å². The molecule has 17 rings (SSSR count). The Bertz CT molecular complexity index is 3440. The Kier molecular flexibility index (Phi) is 27.9. The number of ether oxygens (including phenoxy) is 1. The highest BCUT2D eigenvalue weighted by Gasteiger charge is 2.50. The zero-order valence-corrected chi connectivity index (χ0v) is 62.4. The molecule has 546 valence electrons. The predicted molar refractivity (Wildman–Crippen MR) is 419 cm³/mol. The standard InChI is InChI=1S/C25H28N2O.C24H40N2.C21H28N2O2.C21H28N2/c1-3-7-22(8-4-1)19-26-15-17-27(18-16-26)20-23-11-13-25(14-12-23)28-21-24-9-5-2-6-10-24;1-3-17-5-6-23(20(4-1)12-17)25-7-2-8-26(10-9-25)24-21-13-18-11-19(15-21)16-22(24)14-18;24-16-20-8-3-1-6-18(20)14-22-10-5-11-23(13-12-22)15-19-7-2-4-9-21(19)17-25;1-18-8-3-5-10-20(18)16-22-12-7-13-23(15-14-22)17-21-11-6-4-9-19(21)2/h1-14H,15-21H2;17-24H,1-16H2;1-4,6-9,24-25H,5,10-17H2;3-6,8-11H,7,12-17H2,1-2H3. The highest BCUT2D eigenvalue weighted by Crippen LogP contribution is 2.55. The van der Waals surface area contributed by atoms with Gasteiger partial charge in [-0.3, -0.25) is 39.2 Å². The Morgan fingerprint density at radius 3 is 1.19 bits per heavy atom.